The molecule has 0 atom stereocenters. The van der Waals surface area contributed by atoms with E-state index in [9.17, 15) is 4.79 Å². The van der Waals surface area contributed by atoms with E-state index in [2.05, 4.69) is 0 Å². The van der Waals surface area contributed by atoms with E-state index >= 15 is 0 Å². The van der Waals surface area contributed by atoms with Gasteiger partial charge in [0.1, 0.15) is 17.9 Å². The predicted molar refractivity (Wildman–Crippen MR) is 66.2 cm³/mol. The summed E-state index contributed by atoms with van der Waals surface area (Å²) in [5, 5.41) is 17.9. The lowest BCUT2D eigenvalue weighted by Gasteiger charge is -2.07. The van der Waals surface area contributed by atoms with Gasteiger partial charge in [-0.15, -0.1) is 0 Å². The van der Waals surface area contributed by atoms with Gasteiger partial charge >= 0.3 is 5.97 Å². The lowest BCUT2D eigenvalue weighted by Crippen LogP contribution is -2.02. The van der Waals surface area contributed by atoms with Crippen molar-refractivity contribution in [3.8, 4) is 11.8 Å². The van der Waals surface area contributed by atoms with Crippen LogP contribution in [0.25, 0.3) is 0 Å². The summed E-state index contributed by atoms with van der Waals surface area (Å²) in [5.41, 5.74) is 0.464. The van der Waals surface area contributed by atoms with E-state index in [0.717, 1.165) is 0 Å². The summed E-state index contributed by atoms with van der Waals surface area (Å²) in [6.07, 6.45) is 1.28. The minimum Gasteiger partial charge on any atom is -0.484 e. The molecule has 0 saturated heterocycles. The molecule has 0 aliphatic rings. The smallest absolute Gasteiger partial charge is 0.339 e. The van der Waals surface area contributed by atoms with Gasteiger partial charge in [0, 0.05) is 0 Å². The number of nitrogens with zero attached hydrogens (tertiary/aromatic N) is 1. The van der Waals surface area contributed by atoms with Crippen molar-refractivity contribution in [3.63, 3.8) is 0 Å². The van der Waals surface area contributed by atoms with Crippen molar-refractivity contribution in [2.45, 2.75) is 6.61 Å². The molecular weight excluding hydrogens is 270 g/mol. The zero-order chi connectivity index (χ0) is 13.8. The van der Waals surface area contributed by atoms with Crippen LogP contribution in [0.2, 0.25) is 5.02 Å². The van der Waals surface area contributed by atoms with Crippen LogP contribution >= 0.6 is 11.6 Å². The number of benzene rings is 1. The Morgan fingerprint density at radius 3 is 2.89 bits per heavy atom. The topological polar surface area (TPSA) is 83.5 Å². The number of hydrogen-bond acceptors (Lipinski definition) is 4. The van der Waals surface area contributed by atoms with Crippen LogP contribution in [0.5, 0.6) is 5.75 Å². The first-order valence-corrected chi connectivity index (χ1v) is 5.61. The van der Waals surface area contributed by atoms with Crippen molar-refractivity contribution in [3.05, 3.63) is 52.4 Å². The highest BCUT2D eigenvalue weighted by atomic mass is 35.5. The molecule has 96 valence electrons. The second-order valence-corrected chi connectivity index (χ2v) is 4.02. The van der Waals surface area contributed by atoms with Gasteiger partial charge in [-0.25, -0.2) is 4.79 Å². The van der Waals surface area contributed by atoms with Crippen molar-refractivity contribution in [2.24, 2.45) is 0 Å². The monoisotopic (exact) mass is 277 g/mol. The molecule has 1 aromatic carbocycles. The molecule has 1 aromatic heterocycles. The Balaban J connectivity index is 2.13. The summed E-state index contributed by atoms with van der Waals surface area (Å²) in [5.74, 6) is -0.528. The molecule has 0 aliphatic carbocycles. The number of hydrogen-bond donors (Lipinski definition) is 1. The highest BCUT2D eigenvalue weighted by Crippen LogP contribution is 2.26. The average Bonchev–Trinajstić information content (AvgIpc) is 2.85. The Bertz CT molecular complexity index is 657. The first kappa shape index (κ1) is 13.0. The minimum absolute atomic E-state index is 0.0461. The molecule has 1 N–H and O–H groups in total. The maximum atomic E-state index is 10.9. The highest BCUT2D eigenvalue weighted by molar-refractivity contribution is 6.32. The average molecular weight is 278 g/mol. The maximum absolute atomic E-state index is 10.9. The molecule has 6 heteroatoms. The standard InChI is InChI=1S/C13H8ClNO4/c14-10-5-8(6-15)1-2-11(10)19-7-12-9(13(16)17)3-4-18-12/h1-5H,7H2,(H,16,17). The number of carbonyl (C=O) groups is 1. The molecule has 0 unspecified atom stereocenters. The zero-order valence-electron chi connectivity index (χ0n) is 9.59. The van der Waals surface area contributed by atoms with Crippen LogP contribution < -0.4 is 4.74 Å². The first-order chi connectivity index (χ1) is 9.11. The lowest BCUT2D eigenvalue weighted by molar-refractivity contribution is 0.0692. The van der Waals surface area contributed by atoms with Gasteiger partial charge in [-0.2, -0.15) is 5.26 Å². The van der Waals surface area contributed by atoms with Crippen LogP contribution in [0.15, 0.2) is 34.9 Å². The molecular formula is C13H8ClNO4. The summed E-state index contributed by atoms with van der Waals surface area (Å²) < 4.78 is 10.4. The Hall–Kier alpha value is -2.45. The number of nitriles is 1. The van der Waals surface area contributed by atoms with E-state index < -0.39 is 5.97 Å². The number of rotatable bonds is 4. The molecule has 0 amide bonds. The van der Waals surface area contributed by atoms with Crippen molar-refractivity contribution in [1.82, 2.24) is 0 Å². The Morgan fingerprint density at radius 1 is 1.47 bits per heavy atom. The maximum Gasteiger partial charge on any atom is 0.339 e. The predicted octanol–water partition coefficient (Wildman–Crippen LogP) is 3.08. The van der Waals surface area contributed by atoms with Gasteiger partial charge in [-0.3, -0.25) is 0 Å². The Kier molecular flexibility index (Phi) is 3.74. The summed E-state index contributed by atoms with van der Waals surface area (Å²) in [6.45, 7) is -0.0553. The van der Waals surface area contributed by atoms with Gasteiger partial charge < -0.3 is 14.3 Å². The SMILES string of the molecule is N#Cc1ccc(OCc2occc2C(=O)O)c(Cl)c1. The fourth-order valence-electron chi connectivity index (χ4n) is 1.47. The van der Waals surface area contributed by atoms with Gasteiger partial charge in [-0.1, -0.05) is 11.6 Å². The zero-order valence-corrected chi connectivity index (χ0v) is 10.3. The summed E-state index contributed by atoms with van der Waals surface area (Å²) >= 11 is 5.93. The first-order valence-electron chi connectivity index (χ1n) is 5.24. The second-order valence-electron chi connectivity index (χ2n) is 3.61. The molecule has 1 heterocycles. The molecule has 0 radical (unpaired) electrons. The number of furan rings is 1. The summed E-state index contributed by atoms with van der Waals surface area (Å²) in [6, 6.07) is 7.87. The van der Waals surface area contributed by atoms with Gasteiger partial charge in [0.05, 0.1) is 22.9 Å². The van der Waals surface area contributed by atoms with Crippen LogP contribution in [-0.2, 0) is 6.61 Å². The third-order valence-corrected chi connectivity index (χ3v) is 2.69. The quantitative estimate of drug-likeness (QED) is 0.928. The molecule has 0 bridgehead atoms. The molecule has 0 spiro atoms. The van der Waals surface area contributed by atoms with E-state index in [1.54, 1.807) is 12.1 Å². The van der Waals surface area contributed by atoms with Crippen LogP contribution in [0, 0.1) is 11.3 Å². The second kappa shape index (κ2) is 5.46. The third kappa shape index (κ3) is 2.87. The minimum atomic E-state index is -1.08. The molecule has 2 aromatic rings. The van der Waals surface area contributed by atoms with Gasteiger partial charge in [0.25, 0.3) is 0 Å². The Labute approximate surface area is 113 Å². The van der Waals surface area contributed by atoms with Crippen molar-refractivity contribution >= 4 is 17.6 Å². The number of ether oxygens (including phenoxy) is 1. The van der Waals surface area contributed by atoms with Crippen LogP contribution in [-0.4, -0.2) is 11.1 Å². The number of carboxylic acid groups (broad SMARTS) is 1. The molecule has 0 aliphatic heterocycles. The Morgan fingerprint density at radius 2 is 2.26 bits per heavy atom. The van der Waals surface area contributed by atoms with Crippen molar-refractivity contribution in [2.75, 3.05) is 0 Å². The van der Waals surface area contributed by atoms with Crippen molar-refractivity contribution in [1.29, 1.82) is 5.26 Å². The molecule has 19 heavy (non-hydrogen) atoms. The molecule has 0 fully saturated rings. The van der Waals surface area contributed by atoms with Gasteiger partial charge in [0.15, 0.2) is 5.76 Å². The van der Waals surface area contributed by atoms with E-state index in [-0.39, 0.29) is 23.0 Å². The lowest BCUT2D eigenvalue weighted by atomic mass is 10.2. The van der Waals surface area contributed by atoms with Gasteiger partial charge in [-0.05, 0) is 24.3 Å². The number of halogens is 1. The fraction of sp³-hybridized carbons (Fsp3) is 0.0769. The van der Waals surface area contributed by atoms with E-state index in [0.29, 0.717) is 11.3 Å². The van der Waals surface area contributed by atoms with Crippen molar-refractivity contribution < 1.29 is 19.1 Å². The fourth-order valence-corrected chi connectivity index (χ4v) is 1.71. The van der Waals surface area contributed by atoms with Crippen LogP contribution in [0.1, 0.15) is 21.7 Å². The van der Waals surface area contributed by atoms with E-state index in [4.69, 9.17) is 31.1 Å². The highest BCUT2D eigenvalue weighted by Gasteiger charge is 2.14. The summed E-state index contributed by atoms with van der Waals surface area (Å²) in [4.78, 5) is 10.9. The van der Waals surface area contributed by atoms with Crippen LogP contribution in [0.3, 0.4) is 0 Å². The third-order valence-electron chi connectivity index (χ3n) is 2.40. The van der Waals surface area contributed by atoms with E-state index in [1.165, 1.54) is 18.4 Å². The largest absolute Gasteiger partial charge is 0.484 e. The number of aromatic carboxylic acids is 1. The molecule has 2 rings (SSSR count). The summed E-state index contributed by atoms with van der Waals surface area (Å²) in [7, 11) is 0. The van der Waals surface area contributed by atoms with Gasteiger partial charge in [0.2, 0.25) is 0 Å². The van der Waals surface area contributed by atoms with E-state index in [1.807, 2.05) is 6.07 Å². The van der Waals surface area contributed by atoms with Crippen LogP contribution in [0.4, 0.5) is 0 Å². The molecule has 0 saturated carbocycles. The molecule has 5 nitrogen and oxygen atoms in total. The normalized spacial score (nSPS) is 9.89. The number of carboxylic acids is 1.